The molecule has 346 valence electrons. The molecule has 0 spiro atoms. The molecule has 67 heavy (non-hydrogen) atoms. The van der Waals surface area contributed by atoms with Gasteiger partial charge in [0.15, 0.2) is 16.9 Å². The van der Waals surface area contributed by atoms with Crippen molar-refractivity contribution < 1.29 is 33.9 Å². The fourth-order valence-corrected chi connectivity index (χ4v) is 9.34. The molecule has 2 aromatic heterocycles. The third kappa shape index (κ3) is 10.3. The maximum Gasteiger partial charge on any atom is 0.204 e. The molecule has 0 aliphatic carbocycles. The molecule has 3 aliphatic rings. The van der Waals surface area contributed by atoms with Gasteiger partial charge in [0, 0.05) is 73.1 Å². The Hall–Kier alpha value is -6.79. The topological polar surface area (TPSA) is 150 Å². The Labute approximate surface area is 391 Å². The summed E-state index contributed by atoms with van der Waals surface area (Å²) in [6.07, 6.45) is 6.24. The second-order valence-electron chi connectivity index (χ2n) is 17.6. The number of fused-ring (bicyclic) bond motifs is 7. The van der Waals surface area contributed by atoms with Crippen LogP contribution in [0.3, 0.4) is 0 Å². The van der Waals surface area contributed by atoms with Crippen molar-refractivity contribution in [1.29, 1.82) is 0 Å². The lowest BCUT2D eigenvalue weighted by atomic mass is 9.95. The van der Waals surface area contributed by atoms with Crippen molar-refractivity contribution in [2.24, 2.45) is 5.92 Å². The van der Waals surface area contributed by atoms with Crippen LogP contribution in [-0.4, -0.2) is 79.0 Å². The van der Waals surface area contributed by atoms with Gasteiger partial charge < -0.3 is 49.1 Å². The number of anilines is 1. The minimum absolute atomic E-state index is 0.0430. The predicted molar refractivity (Wildman–Crippen MR) is 265 cm³/mol. The third-order valence-electron chi connectivity index (χ3n) is 13.0. The first kappa shape index (κ1) is 45.4. The Kier molecular flexibility index (Phi) is 14.1. The highest BCUT2D eigenvalue weighted by Gasteiger charge is 2.30. The second kappa shape index (κ2) is 20.8. The number of nitrogens with one attached hydrogen (secondary N) is 2. The van der Waals surface area contributed by atoms with Gasteiger partial charge in [-0.2, -0.15) is 0 Å². The van der Waals surface area contributed by atoms with Gasteiger partial charge in [-0.25, -0.2) is 0 Å². The minimum Gasteiger partial charge on any atom is -0.508 e. The molecule has 11 heteroatoms. The number of aliphatic hydroxyl groups is 2. The van der Waals surface area contributed by atoms with Crippen LogP contribution < -0.4 is 29.9 Å². The summed E-state index contributed by atoms with van der Waals surface area (Å²) in [6.45, 7) is 4.86. The van der Waals surface area contributed by atoms with Gasteiger partial charge in [0.05, 0.1) is 26.4 Å². The highest BCUT2D eigenvalue weighted by Crippen LogP contribution is 2.48. The zero-order valence-corrected chi connectivity index (χ0v) is 38.2. The molecule has 0 amide bonds. The summed E-state index contributed by atoms with van der Waals surface area (Å²) < 4.78 is 26.3. The number of nitrogens with zero attached hydrogens (tertiary/aromatic N) is 1. The average Bonchev–Trinajstić information content (AvgIpc) is 3.80. The number of ether oxygens (including phenoxy) is 3. The van der Waals surface area contributed by atoms with Crippen LogP contribution in [0.1, 0.15) is 46.9 Å². The maximum atomic E-state index is 14.6. The largest absolute Gasteiger partial charge is 0.508 e. The van der Waals surface area contributed by atoms with Crippen LogP contribution in [0, 0.1) is 5.92 Å². The first-order chi connectivity index (χ1) is 32.8. The minimum atomic E-state index is -0.830. The van der Waals surface area contributed by atoms with Crippen LogP contribution in [0.5, 0.6) is 23.0 Å². The van der Waals surface area contributed by atoms with E-state index in [1.807, 2.05) is 36.4 Å². The van der Waals surface area contributed by atoms with Gasteiger partial charge in [-0.1, -0.05) is 97.9 Å². The number of aromatic amines is 1. The highest BCUT2D eigenvalue weighted by atomic mass is 16.5. The van der Waals surface area contributed by atoms with E-state index in [1.165, 1.54) is 24.4 Å². The number of hydrogen-bond donors (Lipinski definition) is 5. The first-order valence-electron chi connectivity index (χ1n) is 23.4. The lowest BCUT2D eigenvalue weighted by Gasteiger charge is -2.38. The monoisotopic (exact) mass is 901 g/mol. The number of aromatic hydroxyl groups is 1. The summed E-state index contributed by atoms with van der Waals surface area (Å²) in [5.41, 5.74) is 8.95. The molecule has 1 saturated heterocycles. The molecule has 5 aromatic carbocycles. The SMILES string of the molecule is CCc1cc2c([nH]1)N1CCNC[C@@H]1Cc1ccc(cc1)C[C@@H](CO)COc1c(OC)c(OCC[C@@H](O)/C=C/c3ccccc3)c3c(=O)cc(-c4ccc(O)cc4)oc3c1CCc1cccc-2c1. The summed E-state index contributed by atoms with van der Waals surface area (Å²) in [4.78, 5) is 20.9. The van der Waals surface area contributed by atoms with E-state index in [4.69, 9.17) is 18.6 Å². The standard InChI is InChI=1S/C56H59N3O8/c1-3-43-31-48-42-11-7-10-37(29-42)17-23-47-52-51(49(63)32-50(67-52)41-18-21-45(61)22-19-41)54(65-27-24-46(62)20-16-36-8-5-4-6-9-36)55(64-2)53(47)66-35-40(34-60)28-38-12-14-39(15-13-38)30-44-33-57-25-26-59(44)56(48)58-43/h4-16,18-22,29,31-32,40,44,46,57-58,60-62H,3,17,23-28,30,33-35H2,1-2H3/b20-16+/t40-,44-,46-/m0/s1. The van der Waals surface area contributed by atoms with Crippen LogP contribution >= 0.6 is 0 Å². The number of methoxy groups -OCH3 is 1. The number of rotatable bonds is 10. The van der Waals surface area contributed by atoms with Crippen LogP contribution in [0.4, 0.5) is 5.82 Å². The zero-order valence-electron chi connectivity index (χ0n) is 38.2. The van der Waals surface area contributed by atoms with Gasteiger partial charge in [-0.15, -0.1) is 0 Å². The van der Waals surface area contributed by atoms with E-state index in [0.29, 0.717) is 41.9 Å². The molecule has 10 rings (SSSR count). The molecular formula is C56H59N3O8. The number of aliphatic hydroxyl groups excluding tert-OH is 2. The van der Waals surface area contributed by atoms with E-state index >= 15 is 0 Å². The van der Waals surface area contributed by atoms with Gasteiger partial charge in [0.2, 0.25) is 5.75 Å². The summed E-state index contributed by atoms with van der Waals surface area (Å²) in [5, 5.41) is 35.8. The van der Waals surface area contributed by atoms with Crippen LogP contribution in [0.2, 0.25) is 0 Å². The smallest absolute Gasteiger partial charge is 0.204 e. The van der Waals surface area contributed by atoms with Gasteiger partial charge in [-0.3, -0.25) is 4.79 Å². The summed E-state index contributed by atoms with van der Waals surface area (Å²) in [6, 6.07) is 37.5. The fraction of sp³-hybridized carbons (Fsp3) is 0.304. The molecule has 1 fully saturated rings. The van der Waals surface area contributed by atoms with Gasteiger partial charge in [-0.05, 0) is 90.3 Å². The quantitative estimate of drug-likeness (QED) is 0.0901. The third-order valence-corrected chi connectivity index (χ3v) is 13.0. The number of hydrogen-bond acceptors (Lipinski definition) is 10. The molecule has 0 radical (unpaired) electrons. The number of H-pyrrole nitrogens is 1. The molecule has 4 bridgehead atoms. The Bertz CT molecular complexity index is 2870. The van der Waals surface area contributed by atoms with Gasteiger partial charge in [0.1, 0.15) is 28.3 Å². The van der Waals surface area contributed by atoms with Crippen LogP contribution in [-0.2, 0) is 32.1 Å². The lowest BCUT2D eigenvalue weighted by molar-refractivity contribution is 0.156. The van der Waals surface area contributed by atoms with E-state index in [0.717, 1.165) is 66.1 Å². The van der Waals surface area contributed by atoms with Crippen LogP contribution in [0.15, 0.2) is 131 Å². The van der Waals surface area contributed by atoms with Gasteiger partial charge >= 0.3 is 0 Å². The van der Waals surface area contributed by atoms with E-state index in [2.05, 4.69) is 76.7 Å². The summed E-state index contributed by atoms with van der Waals surface area (Å²) >= 11 is 0. The highest BCUT2D eigenvalue weighted by molar-refractivity contribution is 5.93. The molecule has 3 atom stereocenters. The molecular weight excluding hydrogens is 843 g/mol. The number of aromatic nitrogens is 1. The van der Waals surface area contributed by atoms with E-state index in [9.17, 15) is 20.1 Å². The number of phenolic OH excluding ortho intramolecular Hbond substituents is 1. The molecule has 3 aliphatic heterocycles. The number of benzene rings is 5. The normalized spacial score (nSPS) is 17.0. The lowest BCUT2D eigenvalue weighted by Crippen LogP contribution is -2.52. The molecule has 7 aromatic rings. The maximum absolute atomic E-state index is 14.6. The number of phenols is 1. The predicted octanol–water partition coefficient (Wildman–Crippen LogP) is 8.92. The van der Waals surface area contributed by atoms with Crippen molar-refractivity contribution in [2.45, 2.75) is 57.6 Å². The van der Waals surface area contributed by atoms with Crippen molar-refractivity contribution in [3.05, 3.63) is 165 Å². The molecule has 11 nitrogen and oxygen atoms in total. The van der Waals surface area contributed by atoms with Crippen molar-refractivity contribution >= 4 is 22.9 Å². The Balaban J connectivity index is 1.17. The zero-order chi connectivity index (χ0) is 46.3. The Morgan fingerprint density at radius 2 is 1.67 bits per heavy atom. The number of aryl methyl sites for hydroxylation is 3. The van der Waals surface area contributed by atoms with E-state index < -0.39 is 6.10 Å². The molecule has 0 unspecified atom stereocenters. The Morgan fingerprint density at radius 1 is 0.881 bits per heavy atom. The molecule has 5 heterocycles. The first-order valence-corrected chi connectivity index (χ1v) is 23.4. The van der Waals surface area contributed by atoms with Crippen molar-refractivity contribution in [1.82, 2.24) is 10.3 Å². The average molecular weight is 902 g/mol. The molecule has 0 saturated carbocycles. The second-order valence-corrected chi connectivity index (χ2v) is 17.6. The van der Waals surface area contributed by atoms with E-state index in [-0.39, 0.29) is 71.8 Å². The fourth-order valence-electron chi connectivity index (χ4n) is 9.34. The molecule has 5 N–H and O–H groups in total. The van der Waals surface area contributed by atoms with Crippen molar-refractivity contribution in [2.75, 3.05) is 51.5 Å². The Morgan fingerprint density at radius 3 is 2.43 bits per heavy atom. The van der Waals surface area contributed by atoms with Crippen LogP contribution in [0.25, 0.3) is 39.5 Å². The van der Waals surface area contributed by atoms with Crippen molar-refractivity contribution in [3.63, 3.8) is 0 Å². The van der Waals surface area contributed by atoms with E-state index in [1.54, 1.807) is 30.3 Å². The summed E-state index contributed by atoms with van der Waals surface area (Å²) in [5.74, 6) is 1.96. The number of piperazine rings is 1. The summed E-state index contributed by atoms with van der Waals surface area (Å²) in [7, 11) is 1.52. The van der Waals surface area contributed by atoms with Gasteiger partial charge in [0.25, 0.3) is 0 Å². The van der Waals surface area contributed by atoms with Crippen molar-refractivity contribution in [3.8, 4) is 45.4 Å².